The van der Waals surface area contributed by atoms with Crippen LogP contribution in [-0.2, 0) is 30.6 Å². The van der Waals surface area contributed by atoms with Crippen LogP contribution in [0.1, 0.15) is 43.4 Å². The van der Waals surface area contributed by atoms with Crippen molar-refractivity contribution in [3.05, 3.63) is 46.8 Å². The van der Waals surface area contributed by atoms with Crippen LogP contribution in [0.3, 0.4) is 0 Å². The number of aryl methyl sites for hydroxylation is 2. The SMILES string of the molecule is CCNC(=NCc1c(CC)noc1CC)NCC(=O)N1CCc2ccccc21.I. The highest BCUT2D eigenvalue weighted by Gasteiger charge is 2.24. The van der Waals surface area contributed by atoms with Gasteiger partial charge >= 0.3 is 0 Å². The Balaban J connectivity index is 0.00000300. The topological polar surface area (TPSA) is 82.8 Å². The number of fused-ring (bicyclic) bond motifs is 1. The zero-order valence-electron chi connectivity index (χ0n) is 17.3. The minimum absolute atomic E-state index is 0. The van der Waals surface area contributed by atoms with Crippen LogP contribution < -0.4 is 15.5 Å². The second-order valence-electron chi connectivity index (χ2n) is 6.71. The average molecular weight is 511 g/mol. The first-order valence-electron chi connectivity index (χ1n) is 10.0. The third-order valence-electron chi connectivity index (χ3n) is 4.94. The van der Waals surface area contributed by atoms with Gasteiger partial charge in [-0.2, -0.15) is 0 Å². The van der Waals surface area contributed by atoms with E-state index in [-0.39, 0.29) is 36.4 Å². The molecule has 1 aliphatic rings. The van der Waals surface area contributed by atoms with Gasteiger partial charge in [0, 0.05) is 30.8 Å². The monoisotopic (exact) mass is 511 g/mol. The maximum atomic E-state index is 12.7. The van der Waals surface area contributed by atoms with Crippen molar-refractivity contribution < 1.29 is 9.32 Å². The number of rotatable bonds is 7. The van der Waals surface area contributed by atoms with Crippen molar-refractivity contribution in [1.82, 2.24) is 15.8 Å². The van der Waals surface area contributed by atoms with E-state index in [9.17, 15) is 4.79 Å². The number of benzene rings is 1. The van der Waals surface area contributed by atoms with E-state index >= 15 is 0 Å². The van der Waals surface area contributed by atoms with Crippen molar-refractivity contribution in [2.24, 2.45) is 4.99 Å². The Labute approximate surface area is 189 Å². The lowest BCUT2D eigenvalue weighted by molar-refractivity contribution is -0.117. The van der Waals surface area contributed by atoms with Crippen molar-refractivity contribution in [3.8, 4) is 0 Å². The third-order valence-corrected chi connectivity index (χ3v) is 4.94. The molecule has 3 rings (SSSR count). The molecule has 1 amide bonds. The van der Waals surface area contributed by atoms with Gasteiger partial charge in [0.25, 0.3) is 0 Å². The molecule has 0 unspecified atom stereocenters. The van der Waals surface area contributed by atoms with E-state index in [0.29, 0.717) is 12.5 Å². The summed E-state index contributed by atoms with van der Waals surface area (Å²) in [7, 11) is 0. The predicted molar refractivity (Wildman–Crippen MR) is 126 cm³/mol. The number of amides is 1. The smallest absolute Gasteiger partial charge is 0.246 e. The van der Waals surface area contributed by atoms with Crippen LogP contribution in [0.15, 0.2) is 33.8 Å². The molecule has 2 N–H and O–H groups in total. The third kappa shape index (κ3) is 5.49. The Morgan fingerprint density at radius 3 is 2.72 bits per heavy atom. The molecule has 1 aliphatic heterocycles. The zero-order valence-corrected chi connectivity index (χ0v) is 19.7. The fourth-order valence-electron chi connectivity index (χ4n) is 3.47. The number of aromatic nitrogens is 1. The van der Waals surface area contributed by atoms with Gasteiger partial charge in [0.05, 0.1) is 18.8 Å². The lowest BCUT2D eigenvalue weighted by Crippen LogP contribution is -2.44. The molecular weight excluding hydrogens is 481 g/mol. The summed E-state index contributed by atoms with van der Waals surface area (Å²) in [5.74, 6) is 1.54. The molecule has 158 valence electrons. The lowest BCUT2D eigenvalue weighted by atomic mass is 10.1. The van der Waals surface area contributed by atoms with Crippen LogP contribution in [0, 0.1) is 0 Å². The summed E-state index contributed by atoms with van der Waals surface area (Å²) >= 11 is 0. The average Bonchev–Trinajstić information content (AvgIpc) is 3.33. The molecule has 8 heteroatoms. The fourth-order valence-corrected chi connectivity index (χ4v) is 3.47. The largest absolute Gasteiger partial charge is 0.361 e. The predicted octanol–water partition coefficient (Wildman–Crippen LogP) is 3.06. The number of carbonyl (C=O) groups excluding carboxylic acids is 1. The first kappa shape index (κ1) is 23.2. The van der Waals surface area contributed by atoms with Gasteiger partial charge in [-0.05, 0) is 31.4 Å². The van der Waals surface area contributed by atoms with Crippen LogP contribution in [0.2, 0.25) is 0 Å². The van der Waals surface area contributed by atoms with Crippen LogP contribution in [0.5, 0.6) is 0 Å². The number of hydrogen-bond donors (Lipinski definition) is 2. The second-order valence-corrected chi connectivity index (χ2v) is 6.71. The van der Waals surface area contributed by atoms with Crippen LogP contribution in [0.4, 0.5) is 5.69 Å². The Hall–Kier alpha value is -2.10. The standard InChI is InChI=1S/C21H29N5O2.HI/c1-4-17-16(19(5-2)28-25-17)13-23-21(22-6-3)24-14-20(27)26-12-11-15-9-7-8-10-18(15)26;/h7-10H,4-6,11-14H2,1-3H3,(H2,22,23,24);1H. The number of hydrogen-bond acceptors (Lipinski definition) is 4. The number of para-hydroxylation sites is 1. The quantitative estimate of drug-likeness (QED) is 0.339. The molecule has 7 nitrogen and oxygen atoms in total. The Morgan fingerprint density at radius 1 is 1.21 bits per heavy atom. The molecule has 1 aromatic heterocycles. The molecule has 0 saturated carbocycles. The molecule has 0 saturated heterocycles. The summed E-state index contributed by atoms with van der Waals surface area (Å²) < 4.78 is 5.41. The highest BCUT2D eigenvalue weighted by atomic mass is 127. The molecule has 0 spiro atoms. The molecule has 0 fully saturated rings. The van der Waals surface area contributed by atoms with E-state index < -0.39 is 0 Å². The van der Waals surface area contributed by atoms with Gasteiger partial charge in [-0.15, -0.1) is 24.0 Å². The normalized spacial score (nSPS) is 13.1. The molecule has 1 aromatic carbocycles. The van der Waals surface area contributed by atoms with E-state index in [1.54, 1.807) is 0 Å². The summed E-state index contributed by atoms with van der Waals surface area (Å²) in [5.41, 5.74) is 4.23. The molecule has 0 atom stereocenters. The summed E-state index contributed by atoms with van der Waals surface area (Å²) in [5, 5.41) is 10.5. The van der Waals surface area contributed by atoms with E-state index in [4.69, 9.17) is 4.52 Å². The Morgan fingerprint density at radius 2 is 2.00 bits per heavy atom. The second kappa shape index (κ2) is 11.2. The molecule has 0 radical (unpaired) electrons. The summed E-state index contributed by atoms with van der Waals surface area (Å²) in [6.07, 6.45) is 2.50. The van der Waals surface area contributed by atoms with Crippen molar-refractivity contribution in [1.29, 1.82) is 0 Å². The van der Waals surface area contributed by atoms with E-state index in [0.717, 1.165) is 55.1 Å². The maximum absolute atomic E-state index is 12.7. The minimum Gasteiger partial charge on any atom is -0.361 e. The molecule has 0 aliphatic carbocycles. The summed E-state index contributed by atoms with van der Waals surface area (Å²) in [4.78, 5) is 19.2. The highest BCUT2D eigenvalue weighted by molar-refractivity contribution is 14.0. The Bertz CT molecular complexity index is 828. The molecule has 0 bridgehead atoms. The number of carbonyl (C=O) groups is 1. The molecule has 2 aromatic rings. The molecule has 29 heavy (non-hydrogen) atoms. The van der Waals surface area contributed by atoms with E-state index in [2.05, 4.69) is 33.8 Å². The van der Waals surface area contributed by atoms with Gasteiger partial charge in [-0.1, -0.05) is 37.2 Å². The van der Waals surface area contributed by atoms with E-state index in [1.807, 2.05) is 36.9 Å². The number of anilines is 1. The molecule has 2 heterocycles. The van der Waals surface area contributed by atoms with Gasteiger partial charge < -0.3 is 20.1 Å². The van der Waals surface area contributed by atoms with Gasteiger partial charge in [-0.25, -0.2) is 4.99 Å². The van der Waals surface area contributed by atoms with Crippen molar-refractivity contribution in [2.75, 3.05) is 24.5 Å². The van der Waals surface area contributed by atoms with Gasteiger partial charge in [0.1, 0.15) is 5.76 Å². The van der Waals surface area contributed by atoms with Crippen molar-refractivity contribution in [2.45, 2.75) is 46.6 Å². The highest BCUT2D eigenvalue weighted by Crippen LogP contribution is 2.27. The van der Waals surface area contributed by atoms with Crippen molar-refractivity contribution in [3.63, 3.8) is 0 Å². The van der Waals surface area contributed by atoms with Gasteiger partial charge in [-0.3, -0.25) is 4.79 Å². The summed E-state index contributed by atoms with van der Waals surface area (Å²) in [6, 6.07) is 8.07. The lowest BCUT2D eigenvalue weighted by Gasteiger charge is -2.18. The minimum atomic E-state index is 0. The number of nitrogens with one attached hydrogen (secondary N) is 2. The van der Waals surface area contributed by atoms with Crippen molar-refractivity contribution >= 4 is 41.5 Å². The van der Waals surface area contributed by atoms with Crippen LogP contribution in [0.25, 0.3) is 0 Å². The summed E-state index contributed by atoms with van der Waals surface area (Å²) in [6.45, 7) is 8.23. The zero-order chi connectivity index (χ0) is 19.9. The number of halogens is 1. The van der Waals surface area contributed by atoms with Gasteiger partial charge in [0.2, 0.25) is 5.91 Å². The first-order valence-corrected chi connectivity index (χ1v) is 10.0. The maximum Gasteiger partial charge on any atom is 0.246 e. The first-order chi connectivity index (χ1) is 13.7. The Kier molecular flexibility index (Phi) is 8.94. The van der Waals surface area contributed by atoms with Crippen LogP contribution in [-0.4, -0.2) is 36.7 Å². The van der Waals surface area contributed by atoms with Gasteiger partial charge in [0.15, 0.2) is 5.96 Å². The number of aliphatic imine (C=N–C) groups is 1. The van der Waals surface area contributed by atoms with E-state index in [1.165, 1.54) is 5.56 Å². The molecular formula is C21H30IN5O2. The fraction of sp³-hybridized carbons (Fsp3) is 0.476. The van der Waals surface area contributed by atoms with Crippen LogP contribution >= 0.6 is 24.0 Å². The number of nitrogens with zero attached hydrogens (tertiary/aromatic N) is 3. The number of guanidine groups is 1.